The second-order valence-corrected chi connectivity index (χ2v) is 8.54. The molecule has 33 heavy (non-hydrogen) atoms. The predicted molar refractivity (Wildman–Crippen MR) is 134 cm³/mol. The van der Waals surface area contributed by atoms with E-state index in [4.69, 9.17) is 4.74 Å². The highest BCUT2D eigenvalue weighted by molar-refractivity contribution is 5.88. The first-order valence-electron chi connectivity index (χ1n) is 11.7. The Morgan fingerprint density at radius 1 is 1.06 bits per heavy atom. The quantitative estimate of drug-likeness (QED) is 0.482. The maximum absolute atomic E-state index is 11.2. The Morgan fingerprint density at radius 3 is 2.52 bits per heavy atom. The van der Waals surface area contributed by atoms with Gasteiger partial charge in [-0.3, -0.25) is 4.90 Å². The zero-order valence-corrected chi connectivity index (χ0v) is 19.2. The first kappa shape index (κ1) is 23.0. The maximum atomic E-state index is 11.2. The molecular weight excluding hydrogens is 412 g/mol. The summed E-state index contributed by atoms with van der Waals surface area (Å²) in [6.07, 6.45) is 4.44. The first-order chi connectivity index (χ1) is 16.1. The largest absolute Gasteiger partial charge is 0.489 e. The maximum Gasteiger partial charge on any atom is 0.335 e. The lowest BCUT2D eigenvalue weighted by Crippen LogP contribution is -2.44. The highest BCUT2D eigenvalue weighted by Crippen LogP contribution is 2.26. The van der Waals surface area contributed by atoms with Gasteiger partial charge in [0.05, 0.1) is 5.56 Å². The highest BCUT2D eigenvalue weighted by atomic mass is 16.5. The van der Waals surface area contributed by atoms with Gasteiger partial charge in [-0.1, -0.05) is 61.5 Å². The van der Waals surface area contributed by atoms with Crippen LogP contribution in [0.15, 0.2) is 72.3 Å². The molecule has 0 spiro atoms. The number of fused-ring (bicyclic) bond motifs is 1. The van der Waals surface area contributed by atoms with Crippen molar-refractivity contribution in [2.45, 2.75) is 25.8 Å². The van der Waals surface area contributed by atoms with Crippen LogP contribution in [0.2, 0.25) is 0 Å². The molecule has 1 fully saturated rings. The molecule has 5 heteroatoms. The van der Waals surface area contributed by atoms with E-state index in [0.29, 0.717) is 18.2 Å². The van der Waals surface area contributed by atoms with Gasteiger partial charge in [0.1, 0.15) is 12.4 Å². The van der Waals surface area contributed by atoms with Gasteiger partial charge in [-0.2, -0.15) is 0 Å². The fraction of sp³-hybridized carbons (Fsp3) is 0.321. The summed E-state index contributed by atoms with van der Waals surface area (Å²) in [4.78, 5) is 13.7. The lowest BCUT2D eigenvalue weighted by Gasteiger charge is -2.34. The van der Waals surface area contributed by atoms with Crippen LogP contribution in [-0.2, 0) is 0 Å². The van der Waals surface area contributed by atoms with E-state index in [9.17, 15) is 9.90 Å². The fourth-order valence-electron chi connectivity index (χ4n) is 4.51. The van der Waals surface area contributed by atoms with Crippen LogP contribution in [0, 0.1) is 0 Å². The van der Waals surface area contributed by atoms with Crippen molar-refractivity contribution in [3.05, 3.63) is 83.4 Å². The van der Waals surface area contributed by atoms with Gasteiger partial charge in [-0.05, 0) is 67.2 Å². The Balaban J connectivity index is 1.57. The number of carboxylic acids is 1. The van der Waals surface area contributed by atoms with Gasteiger partial charge < -0.3 is 15.2 Å². The number of carboxylic acid groups (broad SMARTS) is 1. The zero-order valence-electron chi connectivity index (χ0n) is 19.2. The summed E-state index contributed by atoms with van der Waals surface area (Å²) in [6.45, 7) is 6.62. The van der Waals surface area contributed by atoms with Crippen molar-refractivity contribution < 1.29 is 14.6 Å². The van der Waals surface area contributed by atoms with Crippen LogP contribution in [0.5, 0.6) is 5.75 Å². The number of rotatable bonds is 9. The molecule has 0 amide bonds. The number of piperidine rings is 1. The number of benzene rings is 3. The van der Waals surface area contributed by atoms with E-state index in [-0.39, 0.29) is 0 Å². The van der Waals surface area contributed by atoms with Gasteiger partial charge in [0, 0.05) is 18.0 Å². The van der Waals surface area contributed by atoms with E-state index in [2.05, 4.69) is 41.4 Å². The van der Waals surface area contributed by atoms with Crippen molar-refractivity contribution in [3.63, 3.8) is 0 Å². The Labute approximate surface area is 195 Å². The number of carbonyl (C=O) groups is 1. The second kappa shape index (κ2) is 11.1. The Bertz CT molecular complexity index is 1100. The molecule has 0 atom stereocenters. The summed E-state index contributed by atoms with van der Waals surface area (Å²) in [5, 5.41) is 14.9. The molecule has 0 bridgehead atoms. The van der Waals surface area contributed by atoms with E-state index >= 15 is 0 Å². The average molecular weight is 445 g/mol. The first-order valence-corrected chi connectivity index (χ1v) is 11.7. The number of hydrogen-bond acceptors (Lipinski definition) is 4. The molecule has 0 aromatic heterocycles. The Morgan fingerprint density at radius 2 is 1.79 bits per heavy atom. The molecule has 1 saturated heterocycles. The van der Waals surface area contributed by atoms with Gasteiger partial charge >= 0.3 is 5.97 Å². The van der Waals surface area contributed by atoms with Crippen LogP contribution in [0.4, 0.5) is 0 Å². The normalized spacial score (nSPS) is 15.2. The zero-order chi connectivity index (χ0) is 23.0. The summed E-state index contributed by atoms with van der Waals surface area (Å²) >= 11 is 0. The van der Waals surface area contributed by atoms with Crippen molar-refractivity contribution in [1.29, 1.82) is 0 Å². The van der Waals surface area contributed by atoms with Crippen molar-refractivity contribution >= 4 is 22.8 Å². The minimum Gasteiger partial charge on any atom is -0.489 e. The summed E-state index contributed by atoms with van der Waals surface area (Å²) in [5.74, 6) is -0.0294. The van der Waals surface area contributed by atoms with E-state index in [0.717, 1.165) is 61.1 Å². The molecule has 5 nitrogen and oxygen atoms in total. The number of likely N-dealkylation sites (N-methyl/N-ethyl adjacent to an activating group) is 1. The molecule has 0 aliphatic carbocycles. The second-order valence-electron chi connectivity index (χ2n) is 8.54. The number of nitrogens with one attached hydrogen (secondary N) is 1. The van der Waals surface area contributed by atoms with Gasteiger partial charge in [-0.15, -0.1) is 0 Å². The topological polar surface area (TPSA) is 61.8 Å². The van der Waals surface area contributed by atoms with Crippen LogP contribution < -0.4 is 10.1 Å². The van der Waals surface area contributed by atoms with E-state index in [1.807, 2.05) is 36.4 Å². The van der Waals surface area contributed by atoms with Crippen molar-refractivity contribution in [3.8, 4) is 5.75 Å². The van der Waals surface area contributed by atoms with Crippen molar-refractivity contribution in [2.24, 2.45) is 0 Å². The van der Waals surface area contributed by atoms with Crippen LogP contribution in [0.25, 0.3) is 16.8 Å². The number of aromatic carboxylic acids is 1. The van der Waals surface area contributed by atoms with Gasteiger partial charge in [-0.25, -0.2) is 4.79 Å². The highest BCUT2D eigenvalue weighted by Gasteiger charge is 2.20. The molecule has 0 saturated carbocycles. The molecule has 0 unspecified atom stereocenters. The minimum absolute atomic E-state index is 0.297. The van der Waals surface area contributed by atoms with Crippen LogP contribution >= 0.6 is 0 Å². The molecule has 2 N–H and O–H groups in total. The summed E-state index contributed by atoms with van der Waals surface area (Å²) in [6, 6.07) is 22.0. The lowest BCUT2D eigenvalue weighted by molar-refractivity contribution is 0.0697. The molecule has 1 aliphatic rings. The molecule has 3 aromatic rings. The molecule has 1 heterocycles. The van der Waals surface area contributed by atoms with E-state index in [1.165, 1.54) is 5.57 Å². The smallest absolute Gasteiger partial charge is 0.335 e. The number of hydrogen-bond donors (Lipinski definition) is 2. The third-order valence-electron chi connectivity index (χ3n) is 6.33. The standard InChI is InChI=1S/C28H32N2O3/c1-2-30(25-14-16-29-17-15-25)19-22(18-21-10-12-24(13-11-21)28(31)32)20-33-27-9-5-7-23-6-3-4-8-26(23)27/h3-13,18,25,29H,2,14-17,19-20H2,1H3,(H,31,32). The van der Waals surface area contributed by atoms with Crippen LogP contribution in [-0.4, -0.2) is 54.8 Å². The Kier molecular flexibility index (Phi) is 7.76. The SMILES string of the molecule is CCN(CC(=Cc1ccc(C(=O)O)cc1)COc1cccc2ccccc12)C1CCNCC1. The molecule has 172 valence electrons. The number of ether oxygens (including phenoxy) is 1. The number of nitrogens with zero attached hydrogens (tertiary/aromatic N) is 1. The predicted octanol–water partition coefficient (Wildman–Crippen LogP) is 5.07. The lowest BCUT2D eigenvalue weighted by atomic mass is 10.0. The minimum atomic E-state index is -0.909. The van der Waals surface area contributed by atoms with E-state index < -0.39 is 5.97 Å². The van der Waals surface area contributed by atoms with Crippen molar-refractivity contribution in [2.75, 3.05) is 32.8 Å². The van der Waals surface area contributed by atoms with E-state index in [1.54, 1.807) is 12.1 Å². The summed E-state index contributed by atoms with van der Waals surface area (Å²) in [5.41, 5.74) is 2.45. The van der Waals surface area contributed by atoms with Gasteiger partial charge in [0.15, 0.2) is 0 Å². The molecular formula is C28H32N2O3. The summed E-state index contributed by atoms with van der Waals surface area (Å²) in [7, 11) is 0. The monoisotopic (exact) mass is 444 g/mol. The molecule has 3 aromatic carbocycles. The molecule has 0 radical (unpaired) electrons. The average Bonchev–Trinajstić information content (AvgIpc) is 2.86. The Hall–Kier alpha value is -3.15. The van der Waals surface area contributed by atoms with Gasteiger partial charge in [0.2, 0.25) is 0 Å². The third kappa shape index (κ3) is 6.01. The van der Waals surface area contributed by atoms with Gasteiger partial charge in [0.25, 0.3) is 0 Å². The fourth-order valence-corrected chi connectivity index (χ4v) is 4.51. The third-order valence-corrected chi connectivity index (χ3v) is 6.33. The van der Waals surface area contributed by atoms with Crippen LogP contribution in [0.1, 0.15) is 35.7 Å². The van der Waals surface area contributed by atoms with Crippen LogP contribution in [0.3, 0.4) is 0 Å². The molecule has 4 rings (SSSR count). The van der Waals surface area contributed by atoms with Crippen molar-refractivity contribution in [1.82, 2.24) is 10.2 Å². The molecule has 1 aliphatic heterocycles. The summed E-state index contributed by atoms with van der Waals surface area (Å²) < 4.78 is 6.35.